The molecule has 0 amide bonds. The fourth-order valence-electron chi connectivity index (χ4n) is 0.897. The van der Waals surface area contributed by atoms with E-state index in [0.717, 1.165) is 27.9 Å². The molecule has 0 atom stereocenters. The smallest absolute Gasteiger partial charge is 0.132 e. The second kappa shape index (κ2) is 5.27. The van der Waals surface area contributed by atoms with E-state index >= 15 is 0 Å². The van der Waals surface area contributed by atoms with E-state index in [4.69, 9.17) is 4.74 Å². The van der Waals surface area contributed by atoms with E-state index < -0.39 is 0 Å². The number of hydrogen-bond acceptors (Lipinski definition) is 1. The molecule has 70 valence electrons. The van der Waals surface area contributed by atoms with Crippen LogP contribution in [-0.2, 0) is 0 Å². The van der Waals surface area contributed by atoms with Gasteiger partial charge in [-0.25, -0.2) is 0 Å². The van der Waals surface area contributed by atoms with Gasteiger partial charge in [0.25, 0.3) is 0 Å². The first-order valence-electron chi connectivity index (χ1n) is 4.22. The normalized spacial score (nSPS) is 9.69. The van der Waals surface area contributed by atoms with Gasteiger partial charge in [-0.05, 0) is 41.6 Å². The van der Waals surface area contributed by atoms with Crippen molar-refractivity contribution >= 4 is 22.6 Å². The predicted molar refractivity (Wildman–Crippen MR) is 64.1 cm³/mol. The Morgan fingerprint density at radius 2 is 2.15 bits per heavy atom. The summed E-state index contributed by atoms with van der Waals surface area (Å²) in [7, 11) is 0. The summed E-state index contributed by atoms with van der Waals surface area (Å²) in [6, 6.07) is 8.02. The minimum atomic E-state index is 0.718. The number of ether oxygens (including phenoxy) is 1. The van der Waals surface area contributed by atoms with Crippen LogP contribution in [0.2, 0.25) is 0 Å². The molecule has 13 heavy (non-hydrogen) atoms. The second-order valence-electron chi connectivity index (χ2n) is 2.99. The molecule has 1 nitrogen and oxygen atoms in total. The van der Waals surface area contributed by atoms with Crippen molar-refractivity contribution in [1.82, 2.24) is 0 Å². The maximum absolute atomic E-state index is 5.58. The highest BCUT2D eigenvalue weighted by molar-refractivity contribution is 14.1. The van der Waals surface area contributed by atoms with E-state index in [0.29, 0.717) is 0 Å². The lowest BCUT2D eigenvalue weighted by atomic mass is 10.2. The minimum Gasteiger partial charge on any atom is -0.492 e. The molecule has 0 aromatic heterocycles. The fraction of sp³-hybridized carbons (Fsp3) is 0.273. The lowest BCUT2D eigenvalue weighted by molar-refractivity contribution is 0.319. The Morgan fingerprint density at radius 1 is 1.46 bits per heavy atom. The van der Waals surface area contributed by atoms with Crippen LogP contribution >= 0.6 is 22.6 Å². The van der Waals surface area contributed by atoms with Crippen molar-refractivity contribution in [2.75, 3.05) is 6.61 Å². The van der Waals surface area contributed by atoms with Crippen LogP contribution in [0.3, 0.4) is 0 Å². The summed E-state index contributed by atoms with van der Waals surface area (Å²) in [5, 5.41) is 0. The quantitative estimate of drug-likeness (QED) is 0.607. The van der Waals surface area contributed by atoms with Crippen molar-refractivity contribution < 1.29 is 4.74 Å². The number of benzene rings is 1. The van der Waals surface area contributed by atoms with Gasteiger partial charge < -0.3 is 4.74 Å². The molecule has 0 saturated heterocycles. The summed E-state index contributed by atoms with van der Waals surface area (Å²) in [4.78, 5) is 0. The molecule has 0 fully saturated rings. The molecule has 1 rings (SSSR count). The molecule has 0 heterocycles. The molecule has 0 spiro atoms. The van der Waals surface area contributed by atoms with E-state index in [1.54, 1.807) is 0 Å². The molecule has 1 aromatic rings. The zero-order valence-electron chi connectivity index (χ0n) is 7.72. The Hall–Kier alpha value is -0.510. The molecule has 1 aromatic carbocycles. The lowest BCUT2D eigenvalue weighted by Crippen LogP contribution is -1.98. The van der Waals surface area contributed by atoms with Crippen LogP contribution in [0.5, 0.6) is 5.75 Å². The average Bonchev–Trinajstić information content (AvgIpc) is 2.08. The van der Waals surface area contributed by atoms with E-state index in [1.807, 2.05) is 31.2 Å². The van der Waals surface area contributed by atoms with Crippen LogP contribution in [0.4, 0.5) is 0 Å². The highest BCUT2D eigenvalue weighted by Gasteiger charge is 1.97. The summed E-state index contributed by atoms with van der Waals surface area (Å²) < 4.78 is 6.73. The third-order valence-electron chi connectivity index (χ3n) is 1.62. The second-order valence-corrected chi connectivity index (χ2v) is 4.15. The third kappa shape index (κ3) is 3.81. The van der Waals surface area contributed by atoms with Crippen molar-refractivity contribution in [1.29, 1.82) is 0 Å². The Labute approximate surface area is 92.9 Å². The monoisotopic (exact) mass is 288 g/mol. The minimum absolute atomic E-state index is 0.718. The zero-order valence-corrected chi connectivity index (χ0v) is 9.87. The molecular formula is C11H13IO. The lowest BCUT2D eigenvalue weighted by Gasteiger charge is -2.07. The number of halogens is 1. The van der Waals surface area contributed by atoms with Gasteiger partial charge in [0.1, 0.15) is 5.75 Å². The summed E-state index contributed by atoms with van der Waals surface area (Å²) in [6.07, 6.45) is 0.922. The average molecular weight is 288 g/mol. The van der Waals surface area contributed by atoms with E-state index in [2.05, 4.69) is 29.2 Å². The number of rotatable bonds is 4. The van der Waals surface area contributed by atoms with Crippen molar-refractivity contribution in [3.63, 3.8) is 0 Å². The fourth-order valence-corrected chi connectivity index (χ4v) is 1.44. The van der Waals surface area contributed by atoms with E-state index in [1.165, 1.54) is 0 Å². The predicted octanol–water partition coefficient (Wildman–Crippen LogP) is 3.64. The first-order valence-corrected chi connectivity index (χ1v) is 5.29. The summed E-state index contributed by atoms with van der Waals surface area (Å²) >= 11 is 2.27. The van der Waals surface area contributed by atoms with Gasteiger partial charge in [0, 0.05) is 6.42 Å². The first-order chi connectivity index (χ1) is 6.20. The van der Waals surface area contributed by atoms with Crippen molar-refractivity contribution in [3.8, 4) is 5.75 Å². The standard InChI is InChI=1S/C11H13IO/c1-9(2)7-8-13-11-6-4-3-5-10(11)12/h3-6H,1,7-8H2,2H3. The van der Waals surface area contributed by atoms with Crippen LogP contribution in [0.1, 0.15) is 13.3 Å². The molecule has 0 aliphatic heterocycles. The van der Waals surface area contributed by atoms with Crippen LogP contribution in [0.15, 0.2) is 36.4 Å². The SMILES string of the molecule is C=C(C)CCOc1ccccc1I. The largest absolute Gasteiger partial charge is 0.492 e. The number of para-hydroxylation sites is 1. The molecule has 0 radical (unpaired) electrons. The van der Waals surface area contributed by atoms with Gasteiger partial charge in [0.15, 0.2) is 0 Å². The van der Waals surface area contributed by atoms with Gasteiger partial charge in [0.05, 0.1) is 10.2 Å². The molecule has 0 N–H and O–H groups in total. The molecule has 0 unspecified atom stereocenters. The van der Waals surface area contributed by atoms with Crippen LogP contribution in [0, 0.1) is 3.57 Å². The maximum atomic E-state index is 5.58. The van der Waals surface area contributed by atoms with Crippen LogP contribution in [0.25, 0.3) is 0 Å². The van der Waals surface area contributed by atoms with Gasteiger partial charge in [-0.1, -0.05) is 17.7 Å². The van der Waals surface area contributed by atoms with Gasteiger partial charge in [-0.3, -0.25) is 0 Å². The summed E-state index contributed by atoms with van der Waals surface area (Å²) in [6.45, 7) is 6.56. The Kier molecular flexibility index (Phi) is 4.28. The van der Waals surface area contributed by atoms with Crippen molar-refractivity contribution in [2.24, 2.45) is 0 Å². The topological polar surface area (TPSA) is 9.23 Å². The third-order valence-corrected chi connectivity index (χ3v) is 2.51. The molecule has 0 aliphatic rings. The van der Waals surface area contributed by atoms with Crippen molar-refractivity contribution in [3.05, 3.63) is 40.0 Å². The van der Waals surface area contributed by atoms with Crippen molar-refractivity contribution in [2.45, 2.75) is 13.3 Å². The molecule has 0 aliphatic carbocycles. The zero-order chi connectivity index (χ0) is 9.68. The maximum Gasteiger partial charge on any atom is 0.132 e. The summed E-state index contributed by atoms with van der Waals surface area (Å²) in [5.74, 6) is 0.962. The van der Waals surface area contributed by atoms with Gasteiger partial charge in [0.2, 0.25) is 0 Å². The van der Waals surface area contributed by atoms with Crippen LogP contribution in [-0.4, -0.2) is 6.61 Å². The first kappa shape index (κ1) is 10.6. The van der Waals surface area contributed by atoms with E-state index in [9.17, 15) is 0 Å². The molecule has 0 saturated carbocycles. The molecular weight excluding hydrogens is 275 g/mol. The highest BCUT2D eigenvalue weighted by atomic mass is 127. The van der Waals surface area contributed by atoms with E-state index in [-0.39, 0.29) is 0 Å². The molecule has 0 bridgehead atoms. The van der Waals surface area contributed by atoms with Gasteiger partial charge in [-0.15, -0.1) is 6.58 Å². The Balaban J connectivity index is 2.45. The van der Waals surface area contributed by atoms with Gasteiger partial charge in [-0.2, -0.15) is 0 Å². The highest BCUT2D eigenvalue weighted by Crippen LogP contribution is 2.19. The number of hydrogen-bond donors (Lipinski definition) is 0. The Morgan fingerprint density at radius 3 is 2.77 bits per heavy atom. The van der Waals surface area contributed by atoms with Gasteiger partial charge >= 0.3 is 0 Å². The molecule has 2 heteroatoms. The Bertz CT molecular complexity index is 294. The van der Waals surface area contributed by atoms with Crippen LogP contribution < -0.4 is 4.74 Å². The summed E-state index contributed by atoms with van der Waals surface area (Å²) in [5.41, 5.74) is 1.16.